The molecule has 2 rings (SSSR count). The fourth-order valence-electron chi connectivity index (χ4n) is 2.48. The summed E-state index contributed by atoms with van der Waals surface area (Å²) in [6, 6.07) is 5.89. The zero-order valence-corrected chi connectivity index (χ0v) is 14.8. The van der Waals surface area contributed by atoms with E-state index in [-0.39, 0.29) is 29.7 Å². The predicted octanol–water partition coefficient (Wildman–Crippen LogP) is 0.679. The molecule has 0 radical (unpaired) electrons. The Labute approximate surface area is 142 Å². The van der Waals surface area contributed by atoms with E-state index in [4.69, 9.17) is 0 Å². The first-order chi connectivity index (χ1) is 11.3. The van der Waals surface area contributed by atoms with Gasteiger partial charge in [0.2, 0.25) is 15.9 Å². The van der Waals surface area contributed by atoms with Crippen LogP contribution in [0.15, 0.2) is 29.2 Å². The summed E-state index contributed by atoms with van der Waals surface area (Å²) in [6.07, 6.45) is 2.11. The first-order valence-electron chi connectivity index (χ1n) is 7.90. The first kappa shape index (κ1) is 18.4. The van der Waals surface area contributed by atoms with Gasteiger partial charge >= 0.3 is 0 Å². The standard InChI is InChI=1S/C16H23N3O4S/c1-18(2)15(20)9-10-17-24(22,23)14-7-5-13(6-8-14)16(21)19-11-3-4-12-19/h5-8,17H,3-4,9-12H2,1-2H3. The highest BCUT2D eigenvalue weighted by molar-refractivity contribution is 7.89. The lowest BCUT2D eigenvalue weighted by atomic mass is 10.2. The van der Waals surface area contributed by atoms with Crippen LogP contribution in [0.1, 0.15) is 29.6 Å². The Morgan fingerprint density at radius 1 is 1.12 bits per heavy atom. The average Bonchev–Trinajstić information content (AvgIpc) is 3.08. The molecule has 2 amide bonds. The summed E-state index contributed by atoms with van der Waals surface area (Å²) in [6.45, 7) is 1.54. The van der Waals surface area contributed by atoms with Crippen molar-refractivity contribution in [3.8, 4) is 0 Å². The largest absolute Gasteiger partial charge is 0.349 e. The molecule has 0 aromatic heterocycles. The van der Waals surface area contributed by atoms with Gasteiger partial charge in [-0.15, -0.1) is 0 Å². The van der Waals surface area contributed by atoms with Crippen LogP contribution in [0.2, 0.25) is 0 Å². The third-order valence-corrected chi connectivity index (χ3v) is 5.41. The zero-order chi connectivity index (χ0) is 17.7. The number of hydrogen-bond donors (Lipinski definition) is 1. The average molecular weight is 353 g/mol. The fourth-order valence-corrected chi connectivity index (χ4v) is 3.51. The second kappa shape index (κ2) is 7.76. The van der Waals surface area contributed by atoms with Gasteiger partial charge in [0.05, 0.1) is 4.90 Å². The van der Waals surface area contributed by atoms with Crippen LogP contribution in [0.25, 0.3) is 0 Å². The van der Waals surface area contributed by atoms with Crippen LogP contribution >= 0.6 is 0 Å². The Morgan fingerprint density at radius 2 is 1.71 bits per heavy atom. The second-order valence-electron chi connectivity index (χ2n) is 5.96. The van der Waals surface area contributed by atoms with Gasteiger partial charge in [-0.1, -0.05) is 0 Å². The van der Waals surface area contributed by atoms with Gasteiger partial charge in [-0.2, -0.15) is 0 Å². The van der Waals surface area contributed by atoms with Crippen molar-refractivity contribution in [3.05, 3.63) is 29.8 Å². The van der Waals surface area contributed by atoms with Crippen molar-refractivity contribution in [2.75, 3.05) is 33.7 Å². The molecule has 0 aliphatic carbocycles. The van der Waals surface area contributed by atoms with Crippen LogP contribution in [0.3, 0.4) is 0 Å². The lowest BCUT2D eigenvalue weighted by Gasteiger charge is -2.15. The summed E-state index contributed by atoms with van der Waals surface area (Å²) in [5.41, 5.74) is 0.485. The molecule has 0 unspecified atom stereocenters. The van der Waals surface area contributed by atoms with Gasteiger partial charge in [-0.05, 0) is 37.1 Å². The van der Waals surface area contributed by atoms with E-state index in [1.807, 2.05) is 0 Å². The maximum absolute atomic E-state index is 12.2. The molecule has 0 atom stereocenters. The summed E-state index contributed by atoms with van der Waals surface area (Å²) >= 11 is 0. The number of nitrogens with one attached hydrogen (secondary N) is 1. The number of carbonyl (C=O) groups is 2. The molecule has 0 bridgehead atoms. The molecular weight excluding hydrogens is 330 g/mol. The monoisotopic (exact) mass is 353 g/mol. The molecule has 0 saturated carbocycles. The van der Waals surface area contributed by atoms with Crippen LogP contribution in [0, 0.1) is 0 Å². The van der Waals surface area contributed by atoms with E-state index < -0.39 is 10.0 Å². The number of carbonyl (C=O) groups excluding carboxylic acids is 2. The molecular formula is C16H23N3O4S. The number of rotatable bonds is 6. The predicted molar refractivity (Wildman–Crippen MR) is 90.1 cm³/mol. The molecule has 1 aromatic carbocycles. The van der Waals surface area contributed by atoms with Gasteiger partial charge in [0.15, 0.2) is 0 Å². The molecule has 1 aromatic rings. The third kappa shape index (κ3) is 4.55. The Balaban J connectivity index is 1.98. The van der Waals surface area contributed by atoms with E-state index in [1.165, 1.54) is 29.2 Å². The molecule has 8 heteroatoms. The van der Waals surface area contributed by atoms with Crippen molar-refractivity contribution in [2.24, 2.45) is 0 Å². The highest BCUT2D eigenvalue weighted by atomic mass is 32.2. The van der Waals surface area contributed by atoms with Gasteiger partial charge in [-0.25, -0.2) is 13.1 Å². The van der Waals surface area contributed by atoms with Crippen molar-refractivity contribution in [1.29, 1.82) is 0 Å². The maximum Gasteiger partial charge on any atom is 0.253 e. The van der Waals surface area contributed by atoms with Crippen molar-refractivity contribution >= 4 is 21.8 Å². The molecule has 7 nitrogen and oxygen atoms in total. The van der Waals surface area contributed by atoms with E-state index in [9.17, 15) is 18.0 Å². The van der Waals surface area contributed by atoms with Crippen LogP contribution in [-0.2, 0) is 14.8 Å². The Kier molecular flexibility index (Phi) is 5.95. The number of amides is 2. The normalized spacial score (nSPS) is 14.7. The highest BCUT2D eigenvalue weighted by Gasteiger charge is 2.20. The lowest BCUT2D eigenvalue weighted by Crippen LogP contribution is -2.30. The molecule has 1 aliphatic heterocycles. The van der Waals surface area contributed by atoms with E-state index >= 15 is 0 Å². The maximum atomic E-state index is 12.2. The molecule has 1 aliphatic rings. The van der Waals surface area contributed by atoms with Crippen molar-refractivity contribution in [2.45, 2.75) is 24.2 Å². The highest BCUT2D eigenvalue weighted by Crippen LogP contribution is 2.15. The smallest absolute Gasteiger partial charge is 0.253 e. The SMILES string of the molecule is CN(C)C(=O)CCNS(=O)(=O)c1ccc(C(=O)N2CCCC2)cc1. The van der Waals surface area contributed by atoms with Crippen molar-refractivity contribution < 1.29 is 18.0 Å². The third-order valence-electron chi connectivity index (χ3n) is 3.93. The topological polar surface area (TPSA) is 86.8 Å². The number of sulfonamides is 1. The van der Waals surface area contributed by atoms with Crippen LogP contribution in [-0.4, -0.2) is 63.8 Å². The molecule has 0 spiro atoms. The fraction of sp³-hybridized carbons (Fsp3) is 0.500. The summed E-state index contributed by atoms with van der Waals surface area (Å²) < 4.78 is 26.8. The molecule has 1 N–H and O–H groups in total. The van der Waals surface area contributed by atoms with Gasteiger partial charge in [0, 0.05) is 45.7 Å². The van der Waals surface area contributed by atoms with E-state index in [0.717, 1.165) is 25.9 Å². The summed E-state index contributed by atoms with van der Waals surface area (Å²) in [5, 5.41) is 0. The minimum atomic E-state index is -3.69. The number of benzene rings is 1. The number of likely N-dealkylation sites (tertiary alicyclic amines) is 1. The van der Waals surface area contributed by atoms with Crippen LogP contribution in [0.5, 0.6) is 0 Å². The van der Waals surface area contributed by atoms with Crippen molar-refractivity contribution in [3.63, 3.8) is 0 Å². The number of nitrogens with zero attached hydrogens (tertiary/aromatic N) is 2. The summed E-state index contributed by atoms with van der Waals surface area (Å²) in [5.74, 6) is -0.217. The zero-order valence-electron chi connectivity index (χ0n) is 14.0. The van der Waals surface area contributed by atoms with Gasteiger partial charge in [0.1, 0.15) is 0 Å². The van der Waals surface area contributed by atoms with E-state index in [1.54, 1.807) is 19.0 Å². The molecule has 24 heavy (non-hydrogen) atoms. The van der Waals surface area contributed by atoms with Crippen molar-refractivity contribution in [1.82, 2.24) is 14.5 Å². The Morgan fingerprint density at radius 3 is 2.25 bits per heavy atom. The number of hydrogen-bond acceptors (Lipinski definition) is 4. The minimum Gasteiger partial charge on any atom is -0.349 e. The van der Waals surface area contributed by atoms with E-state index in [0.29, 0.717) is 5.56 Å². The first-order valence-corrected chi connectivity index (χ1v) is 9.39. The molecule has 1 heterocycles. The van der Waals surface area contributed by atoms with Gasteiger partial charge in [-0.3, -0.25) is 9.59 Å². The van der Waals surface area contributed by atoms with Gasteiger partial charge in [0.25, 0.3) is 5.91 Å². The molecule has 1 fully saturated rings. The van der Waals surface area contributed by atoms with Crippen LogP contribution in [0.4, 0.5) is 0 Å². The Bertz CT molecular complexity index is 693. The summed E-state index contributed by atoms with van der Waals surface area (Å²) in [4.78, 5) is 27.0. The van der Waals surface area contributed by atoms with Gasteiger partial charge < -0.3 is 9.80 Å². The minimum absolute atomic E-state index is 0.0355. The Hall–Kier alpha value is -1.93. The van der Waals surface area contributed by atoms with E-state index in [2.05, 4.69) is 4.72 Å². The second-order valence-corrected chi connectivity index (χ2v) is 7.73. The molecule has 132 valence electrons. The summed E-state index contributed by atoms with van der Waals surface area (Å²) in [7, 11) is -0.453. The quantitative estimate of drug-likeness (QED) is 0.815. The molecule has 1 saturated heterocycles. The lowest BCUT2D eigenvalue weighted by molar-refractivity contribution is -0.128. The van der Waals surface area contributed by atoms with Crippen LogP contribution < -0.4 is 4.72 Å².